The molecule has 2 aliphatic carbocycles. The number of fused-ring (bicyclic) bond motifs is 1. The van der Waals surface area contributed by atoms with E-state index in [9.17, 15) is 14.9 Å². The van der Waals surface area contributed by atoms with Crippen LogP contribution in [0.15, 0.2) is 12.4 Å². The number of aryl methyl sites for hydroxylation is 1. The molecule has 0 radical (unpaired) electrons. The number of ketones is 2. The van der Waals surface area contributed by atoms with Gasteiger partial charge < -0.3 is 4.57 Å². The fourth-order valence-electron chi connectivity index (χ4n) is 4.35. The molecule has 0 aliphatic heterocycles. The van der Waals surface area contributed by atoms with E-state index in [1.165, 1.54) is 31.9 Å². The van der Waals surface area contributed by atoms with Crippen molar-refractivity contribution in [1.82, 2.24) is 9.55 Å². The van der Waals surface area contributed by atoms with E-state index in [0.717, 1.165) is 25.2 Å². The van der Waals surface area contributed by atoms with Gasteiger partial charge in [-0.25, -0.2) is 4.98 Å². The Morgan fingerprint density at radius 3 is 2.65 bits per heavy atom. The van der Waals surface area contributed by atoms with Gasteiger partial charge >= 0.3 is 0 Å². The summed E-state index contributed by atoms with van der Waals surface area (Å²) >= 11 is 0. The molecule has 2 saturated carbocycles. The summed E-state index contributed by atoms with van der Waals surface area (Å²) in [4.78, 5) is 29.3. The smallest absolute Gasteiger partial charge is 0.222 e. The van der Waals surface area contributed by atoms with Crippen LogP contribution in [0.3, 0.4) is 0 Å². The average Bonchev–Trinajstić information content (AvgIpc) is 3.00. The van der Waals surface area contributed by atoms with Crippen LogP contribution in [0, 0.1) is 35.0 Å². The number of nitriles is 1. The Morgan fingerprint density at radius 2 is 2.00 bits per heavy atom. The van der Waals surface area contributed by atoms with Crippen LogP contribution in [0.25, 0.3) is 0 Å². The summed E-state index contributed by atoms with van der Waals surface area (Å²) in [5.74, 6) is -0.450. The Bertz CT molecular complexity index is 643. The minimum Gasteiger partial charge on any atom is -0.332 e. The zero-order valence-electron chi connectivity index (χ0n) is 13.6. The Morgan fingerprint density at radius 1 is 1.26 bits per heavy atom. The number of carbonyl (C=O) groups excluding carboxylic acids is 2. The van der Waals surface area contributed by atoms with E-state index in [1.807, 2.05) is 6.07 Å². The minimum absolute atomic E-state index is 0.136. The van der Waals surface area contributed by atoms with Crippen LogP contribution < -0.4 is 0 Å². The second-order valence-corrected chi connectivity index (χ2v) is 7.01. The summed E-state index contributed by atoms with van der Waals surface area (Å²) < 4.78 is 1.57. The second-order valence-electron chi connectivity index (χ2n) is 7.01. The van der Waals surface area contributed by atoms with Crippen molar-refractivity contribution < 1.29 is 9.59 Å². The Labute approximate surface area is 136 Å². The van der Waals surface area contributed by atoms with Crippen LogP contribution >= 0.6 is 0 Å². The van der Waals surface area contributed by atoms with Crippen LogP contribution in [0.5, 0.6) is 0 Å². The molecule has 5 nitrogen and oxygen atoms in total. The van der Waals surface area contributed by atoms with Crippen molar-refractivity contribution in [3.05, 3.63) is 18.2 Å². The van der Waals surface area contributed by atoms with Gasteiger partial charge in [0.25, 0.3) is 0 Å². The van der Waals surface area contributed by atoms with Crippen LogP contribution in [-0.2, 0) is 11.8 Å². The summed E-state index contributed by atoms with van der Waals surface area (Å²) in [7, 11) is 1.70. The van der Waals surface area contributed by atoms with Crippen molar-refractivity contribution in [3.63, 3.8) is 0 Å². The Kier molecular flexibility index (Phi) is 4.61. The third kappa shape index (κ3) is 3.08. The lowest BCUT2D eigenvalue weighted by molar-refractivity contribution is -0.126. The molecule has 1 heterocycles. The van der Waals surface area contributed by atoms with Crippen molar-refractivity contribution in [3.8, 4) is 6.07 Å². The number of hydrogen-bond donors (Lipinski definition) is 0. The van der Waals surface area contributed by atoms with E-state index in [4.69, 9.17) is 0 Å². The van der Waals surface area contributed by atoms with Gasteiger partial charge in [0, 0.05) is 25.4 Å². The SMILES string of the molecule is Cn1ccnc1C(=O)C(C#N)C(=O)C1CCC2CCCCC2C1. The molecule has 1 aromatic heterocycles. The van der Waals surface area contributed by atoms with Crippen LogP contribution in [0.4, 0.5) is 0 Å². The topological polar surface area (TPSA) is 75.8 Å². The average molecular weight is 313 g/mol. The maximum absolute atomic E-state index is 12.8. The molecule has 5 heteroatoms. The highest BCUT2D eigenvalue weighted by atomic mass is 16.2. The molecule has 4 atom stereocenters. The number of aromatic nitrogens is 2. The maximum Gasteiger partial charge on any atom is 0.222 e. The van der Waals surface area contributed by atoms with E-state index >= 15 is 0 Å². The molecule has 0 spiro atoms. The highest BCUT2D eigenvalue weighted by Crippen LogP contribution is 2.43. The molecular formula is C18H23N3O2. The summed E-state index contributed by atoms with van der Waals surface area (Å²) in [5, 5.41) is 9.39. The van der Waals surface area contributed by atoms with E-state index in [-0.39, 0.29) is 17.5 Å². The van der Waals surface area contributed by atoms with E-state index in [2.05, 4.69) is 4.98 Å². The van der Waals surface area contributed by atoms with Crippen molar-refractivity contribution in [2.45, 2.75) is 44.9 Å². The summed E-state index contributed by atoms with van der Waals surface area (Å²) in [6.45, 7) is 0. The first kappa shape index (κ1) is 15.9. The lowest BCUT2D eigenvalue weighted by Crippen LogP contribution is -2.36. The van der Waals surface area contributed by atoms with Crippen molar-refractivity contribution in [1.29, 1.82) is 5.26 Å². The minimum atomic E-state index is -1.21. The summed E-state index contributed by atoms with van der Waals surface area (Å²) in [6, 6.07) is 1.93. The lowest BCUT2D eigenvalue weighted by atomic mass is 9.65. The third-order valence-corrected chi connectivity index (χ3v) is 5.66. The molecule has 2 aliphatic rings. The molecule has 0 saturated heterocycles. The van der Waals surface area contributed by atoms with Crippen LogP contribution in [-0.4, -0.2) is 21.1 Å². The number of rotatable bonds is 4. The molecule has 23 heavy (non-hydrogen) atoms. The molecule has 0 bridgehead atoms. The van der Waals surface area contributed by atoms with Crippen molar-refractivity contribution in [2.24, 2.45) is 30.7 Å². The first-order chi connectivity index (χ1) is 11.1. The highest BCUT2D eigenvalue weighted by Gasteiger charge is 2.40. The molecule has 0 aromatic carbocycles. The highest BCUT2D eigenvalue weighted by molar-refractivity contribution is 6.11. The zero-order valence-corrected chi connectivity index (χ0v) is 13.6. The van der Waals surface area contributed by atoms with Gasteiger partial charge in [0.15, 0.2) is 17.5 Å². The quantitative estimate of drug-likeness (QED) is 0.632. The molecule has 122 valence electrons. The van der Waals surface area contributed by atoms with Gasteiger partial charge in [-0.2, -0.15) is 5.26 Å². The maximum atomic E-state index is 12.8. The van der Waals surface area contributed by atoms with E-state index in [0.29, 0.717) is 5.92 Å². The number of nitrogens with zero attached hydrogens (tertiary/aromatic N) is 3. The number of carbonyl (C=O) groups is 2. The van der Waals surface area contributed by atoms with Gasteiger partial charge in [-0.1, -0.05) is 25.7 Å². The molecular weight excluding hydrogens is 290 g/mol. The number of imidazole rings is 1. The van der Waals surface area contributed by atoms with Crippen LogP contribution in [0.2, 0.25) is 0 Å². The first-order valence-corrected chi connectivity index (χ1v) is 8.56. The molecule has 1 aromatic rings. The van der Waals surface area contributed by atoms with E-state index in [1.54, 1.807) is 17.8 Å². The zero-order chi connectivity index (χ0) is 16.4. The molecule has 2 fully saturated rings. The first-order valence-electron chi connectivity index (χ1n) is 8.56. The third-order valence-electron chi connectivity index (χ3n) is 5.66. The van der Waals surface area contributed by atoms with Gasteiger partial charge in [0.05, 0.1) is 6.07 Å². The Balaban J connectivity index is 1.72. The monoisotopic (exact) mass is 313 g/mol. The lowest BCUT2D eigenvalue weighted by Gasteiger charge is -2.39. The Hall–Kier alpha value is -1.96. The summed E-state index contributed by atoms with van der Waals surface area (Å²) in [6.07, 6.45) is 10.9. The predicted octanol–water partition coefficient (Wildman–Crippen LogP) is 2.92. The molecule has 0 N–H and O–H groups in total. The van der Waals surface area contributed by atoms with Crippen molar-refractivity contribution in [2.75, 3.05) is 0 Å². The van der Waals surface area contributed by atoms with Gasteiger partial charge in [-0.05, 0) is 31.1 Å². The predicted molar refractivity (Wildman–Crippen MR) is 84.4 cm³/mol. The van der Waals surface area contributed by atoms with Crippen molar-refractivity contribution >= 4 is 11.6 Å². The van der Waals surface area contributed by atoms with Gasteiger partial charge in [0.1, 0.15) is 0 Å². The van der Waals surface area contributed by atoms with Gasteiger partial charge in [-0.15, -0.1) is 0 Å². The van der Waals surface area contributed by atoms with E-state index < -0.39 is 11.7 Å². The van der Waals surface area contributed by atoms with Gasteiger partial charge in [-0.3, -0.25) is 9.59 Å². The molecule has 0 amide bonds. The fraction of sp³-hybridized carbons (Fsp3) is 0.667. The second kappa shape index (κ2) is 6.66. The normalized spacial score (nSPS) is 28.4. The fourth-order valence-corrected chi connectivity index (χ4v) is 4.35. The number of Topliss-reactive ketones (excluding diaryl/α,β-unsaturated/α-hetero) is 2. The summed E-state index contributed by atoms with van der Waals surface area (Å²) in [5.41, 5.74) is 0. The molecule has 3 rings (SSSR count). The molecule has 4 unspecified atom stereocenters. The van der Waals surface area contributed by atoms with Crippen LogP contribution in [0.1, 0.15) is 55.6 Å². The largest absolute Gasteiger partial charge is 0.332 e. The number of hydrogen-bond acceptors (Lipinski definition) is 4. The standard InChI is InChI=1S/C18H23N3O2/c1-21-9-8-20-18(21)17(23)15(11-19)16(22)14-7-6-12-4-2-3-5-13(12)10-14/h8-9,12-15H,2-7,10H2,1H3. The van der Waals surface area contributed by atoms with Gasteiger partial charge in [0.2, 0.25) is 5.78 Å².